The van der Waals surface area contributed by atoms with Crippen LogP contribution in [0.3, 0.4) is 0 Å². The van der Waals surface area contributed by atoms with Gasteiger partial charge in [0, 0.05) is 13.1 Å². The summed E-state index contributed by atoms with van der Waals surface area (Å²) in [4.78, 5) is 30.8. The molecule has 0 saturated carbocycles. The van der Waals surface area contributed by atoms with E-state index in [9.17, 15) is 14.0 Å². The van der Waals surface area contributed by atoms with Gasteiger partial charge < -0.3 is 9.64 Å². The highest BCUT2D eigenvalue weighted by molar-refractivity contribution is 6.45. The van der Waals surface area contributed by atoms with Crippen LogP contribution in [0, 0.1) is 5.82 Å². The summed E-state index contributed by atoms with van der Waals surface area (Å²) in [6.07, 6.45) is 1.57. The number of halogens is 1. The third kappa shape index (κ3) is 3.85. The molecule has 0 radical (unpaired) electrons. The zero-order valence-corrected chi connectivity index (χ0v) is 19.0. The van der Waals surface area contributed by atoms with Crippen molar-refractivity contribution in [2.45, 2.75) is 26.3 Å². The number of carbonyl (C=O) groups excluding carboxylic acids is 2. The molecule has 34 heavy (non-hydrogen) atoms. The number of para-hydroxylation sites is 2. The number of hydrogen-bond donors (Lipinski definition) is 0. The van der Waals surface area contributed by atoms with E-state index in [-0.39, 0.29) is 5.57 Å². The first-order chi connectivity index (χ1) is 16.6. The molecule has 0 N–H and O–H groups in total. The van der Waals surface area contributed by atoms with Crippen LogP contribution in [0.1, 0.15) is 30.0 Å². The molecule has 0 saturated heterocycles. The van der Waals surface area contributed by atoms with Crippen LogP contribution >= 0.6 is 0 Å². The number of rotatable bonds is 6. The van der Waals surface area contributed by atoms with Crippen molar-refractivity contribution in [2.24, 2.45) is 0 Å². The first-order valence-corrected chi connectivity index (χ1v) is 11.5. The van der Waals surface area contributed by atoms with Crippen LogP contribution in [0.25, 0.3) is 5.57 Å². The van der Waals surface area contributed by atoms with Gasteiger partial charge in [-0.1, -0.05) is 55.5 Å². The molecule has 2 aliphatic heterocycles. The Kier molecular flexibility index (Phi) is 5.88. The molecule has 0 spiro atoms. The van der Waals surface area contributed by atoms with Crippen molar-refractivity contribution in [3.63, 3.8) is 0 Å². The number of nitrogens with zero attached hydrogens (tertiary/aromatic N) is 2. The number of imide groups is 1. The molecule has 0 atom stereocenters. The first kappa shape index (κ1) is 21.9. The average Bonchev–Trinajstić information content (AvgIpc) is 3.12. The topological polar surface area (TPSA) is 49.9 Å². The normalized spacial score (nSPS) is 15.7. The monoisotopic (exact) mass is 456 g/mol. The number of hydrogen-bond acceptors (Lipinski definition) is 4. The maximum Gasteiger partial charge on any atom is 0.282 e. The van der Waals surface area contributed by atoms with E-state index in [1.807, 2.05) is 36.1 Å². The Bertz CT molecular complexity index is 1280. The second-order valence-corrected chi connectivity index (χ2v) is 8.43. The van der Waals surface area contributed by atoms with Crippen LogP contribution in [0.2, 0.25) is 0 Å². The van der Waals surface area contributed by atoms with E-state index in [1.54, 1.807) is 30.3 Å². The quantitative estimate of drug-likeness (QED) is 0.492. The fourth-order valence-electron chi connectivity index (χ4n) is 4.57. The van der Waals surface area contributed by atoms with Gasteiger partial charge in [0.2, 0.25) is 0 Å². The van der Waals surface area contributed by atoms with E-state index in [0.717, 1.165) is 18.4 Å². The molecule has 172 valence electrons. The average molecular weight is 457 g/mol. The van der Waals surface area contributed by atoms with Crippen molar-refractivity contribution in [3.8, 4) is 5.75 Å². The van der Waals surface area contributed by atoms with Crippen LogP contribution in [0.4, 0.5) is 10.1 Å². The van der Waals surface area contributed by atoms with E-state index < -0.39 is 17.6 Å². The van der Waals surface area contributed by atoms with Gasteiger partial charge in [-0.25, -0.2) is 9.29 Å². The minimum Gasteiger partial charge on any atom is -0.491 e. The molecule has 5 rings (SSSR count). The predicted molar refractivity (Wildman–Crippen MR) is 129 cm³/mol. The van der Waals surface area contributed by atoms with Crippen molar-refractivity contribution in [1.29, 1.82) is 0 Å². The summed E-state index contributed by atoms with van der Waals surface area (Å²) >= 11 is 0. The molecule has 3 aromatic carbocycles. The maximum absolute atomic E-state index is 13.9. The zero-order chi connectivity index (χ0) is 23.7. The van der Waals surface area contributed by atoms with E-state index in [2.05, 4.69) is 6.07 Å². The lowest BCUT2D eigenvalue weighted by Gasteiger charge is -2.31. The van der Waals surface area contributed by atoms with Gasteiger partial charge in [0.15, 0.2) is 0 Å². The Balaban J connectivity index is 1.60. The third-order valence-electron chi connectivity index (χ3n) is 6.21. The summed E-state index contributed by atoms with van der Waals surface area (Å²) in [5.74, 6) is -0.742. The van der Waals surface area contributed by atoms with Crippen molar-refractivity contribution in [3.05, 3.63) is 101 Å². The van der Waals surface area contributed by atoms with E-state index in [4.69, 9.17) is 4.74 Å². The smallest absolute Gasteiger partial charge is 0.282 e. The minimum atomic E-state index is -0.432. The predicted octanol–water partition coefficient (Wildman–Crippen LogP) is 4.96. The van der Waals surface area contributed by atoms with Gasteiger partial charge in [0.05, 0.1) is 17.9 Å². The van der Waals surface area contributed by atoms with Gasteiger partial charge in [-0.15, -0.1) is 0 Å². The second kappa shape index (κ2) is 9.14. The van der Waals surface area contributed by atoms with Crippen LogP contribution in [0.5, 0.6) is 5.75 Å². The van der Waals surface area contributed by atoms with Gasteiger partial charge in [-0.3, -0.25) is 9.59 Å². The number of anilines is 1. The molecular weight excluding hydrogens is 431 g/mol. The summed E-state index contributed by atoms with van der Waals surface area (Å²) in [6.45, 7) is 3.60. The van der Waals surface area contributed by atoms with Gasteiger partial charge in [0.25, 0.3) is 11.8 Å². The maximum atomic E-state index is 13.9. The number of fused-ring (bicyclic) bond motifs is 1. The molecule has 0 aromatic heterocycles. The van der Waals surface area contributed by atoms with Crippen molar-refractivity contribution in [2.75, 3.05) is 18.1 Å². The lowest BCUT2D eigenvalue weighted by molar-refractivity contribution is -0.120. The number of carbonyl (C=O) groups is 2. The fraction of sp³-hybridized carbons (Fsp3) is 0.214. The van der Waals surface area contributed by atoms with Gasteiger partial charge >= 0.3 is 0 Å². The van der Waals surface area contributed by atoms with Crippen molar-refractivity contribution < 1.29 is 18.7 Å². The van der Waals surface area contributed by atoms with Crippen LogP contribution in [-0.2, 0) is 22.6 Å². The summed E-state index contributed by atoms with van der Waals surface area (Å²) in [5.41, 5.74) is 3.94. The summed E-state index contributed by atoms with van der Waals surface area (Å²) < 4.78 is 19.5. The molecule has 2 amide bonds. The highest BCUT2D eigenvalue weighted by atomic mass is 19.1. The SMILES string of the molecule is CCCOc1ccccc1N1C(=O)C(c2ccc(F)cc2)=C(N2CCc3ccccc3C2)C1=O. The standard InChI is InChI=1S/C28H25FN2O3/c1-2-17-34-24-10-6-5-9-23(24)31-27(32)25(20-11-13-22(29)14-12-20)26(28(31)33)30-16-15-19-7-3-4-8-21(19)18-30/h3-14H,2,15-18H2,1H3. The van der Waals surface area contributed by atoms with Crippen molar-refractivity contribution >= 4 is 23.1 Å². The Morgan fingerprint density at radius 2 is 1.59 bits per heavy atom. The molecular formula is C28H25FN2O3. The lowest BCUT2D eigenvalue weighted by Crippen LogP contribution is -2.37. The zero-order valence-electron chi connectivity index (χ0n) is 19.0. The Morgan fingerprint density at radius 3 is 2.35 bits per heavy atom. The van der Waals surface area contributed by atoms with Crippen LogP contribution in [0.15, 0.2) is 78.5 Å². The summed E-state index contributed by atoms with van der Waals surface area (Å²) in [6, 6.07) is 20.9. The van der Waals surface area contributed by atoms with E-state index in [1.165, 1.54) is 22.6 Å². The van der Waals surface area contributed by atoms with E-state index in [0.29, 0.717) is 42.4 Å². The minimum absolute atomic E-state index is 0.287. The molecule has 5 nitrogen and oxygen atoms in total. The highest BCUT2D eigenvalue weighted by Crippen LogP contribution is 2.39. The Labute approximate surface area is 198 Å². The molecule has 0 unspecified atom stereocenters. The van der Waals surface area contributed by atoms with E-state index >= 15 is 0 Å². The molecule has 2 aliphatic rings. The Hall–Kier alpha value is -3.93. The second-order valence-electron chi connectivity index (χ2n) is 8.43. The molecule has 6 heteroatoms. The van der Waals surface area contributed by atoms with Gasteiger partial charge in [-0.2, -0.15) is 0 Å². The molecule has 0 bridgehead atoms. The molecule has 0 aliphatic carbocycles. The van der Waals surface area contributed by atoms with Crippen LogP contribution < -0.4 is 9.64 Å². The third-order valence-corrected chi connectivity index (χ3v) is 6.21. The van der Waals surface area contributed by atoms with Gasteiger partial charge in [-0.05, 0) is 53.8 Å². The summed E-state index contributed by atoms with van der Waals surface area (Å²) in [7, 11) is 0. The molecule has 3 aromatic rings. The van der Waals surface area contributed by atoms with Crippen molar-refractivity contribution in [1.82, 2.24) is 4.90 Å². The lowest BCUT2D eigenvalue weighted by atomic mass is 9.98. The van der Waals surface area contributed by atoms with Gasteiger partial charge in [0.1, 0.15) is 17.3 Å². The summed E-state index contributed by atoms with van der Waals surface area (Å²) in [5, 5.41) is 0. The fourth-order valence-corrected chi connectivity index (χ4v) is 4.57. The number of ether oxygens (including phenoxy) is 1. The van der Waals surface area contributed by atoms with Crippen LogP contribution in [-0.4, -0.2) is 29.9 Å². The number of amides is 2. The first-order valence-electron chi connectivity index (χ1n) is 11.5. The molecule has 0 fully saturated rings. The molecule has 2 heterocycles. The number of benzene rings is 3. The largest absolute Gasteiger partial charge is 0.491 e. The highest BCUT2D eigenvalue weighted by Gasteiger charge is 2.44. The Morgan fingerprint density at radius 1 is 0.882 bits per heavy atom.